The Morgan fingerprint density at radius 2 is 1.91 bits per heavy atom. The minimum atomic E-state index is -0.123. The molecule has 0 unspecified atom stereocenters. The Labute approximate surface area is 129 Å². The predicted octanol–water partition coefficient (Wildman–Crippen LogP) is 2.26. The molecule has 0 saturated heterocycles. The molecule has 0 aliphatic heterocycles. The summed E-state index contributed by atoms with van der Waals surface area (Å²) in [4.78, 5) is 26.9. The molecule has 2 rings (SSSR count). The van der Waals surface area contributed by atoms with Crippen LogP contribution in [0.1, 0.15) is 60.2 Å². The number of hydrogen-bond donors (Lipinski definition) is 0. The first-order valence-electron chi connectivity index (χ1n) is 7.34. The van der Waals surface area contributed by atoms with Gasteiger partial charge in [0.2, 0.25) is 5.89 Å². The molecule has 0 aromatic carbocycles. The van der Waals surface area contributed by atoms with Crippen molar-refractivity contribution < 1.29 is 9.32 Å². The van der Waals surface area contributed by atoms with Gasteiger partial charge in [0, 0.05) is 12.5 Å². The molecule has 2 heterocycles. The van der Waals surface area contributed by atoms with E-state index in [1.807, 2.05) is 20.8 Å². The highest BCUT2D eigenvalue weighted by Gasteiger charge is 2.22. The maximum Gasteiger partial charge on any atom is 0.258 e. The molecule has 0 aliphatic carbocycles. The molecule has 2 aromatic heterocycles. The molecule has 7 nitrogen and oxygen atoms in total. The number of hydrogen-bond acceptors (Lipinski definition) is 6. The van der Waals surface area contributed by atoms with Crippen molar-refractivity contribution in [3.8, 4) is 0 Å². The number of rotatable bonds is 5. The van der Waals surface area contributed by atoms with Crippen LogP contribution in [0.3, 0.4) is 0 Å². The molecule has 0 N–H and O–H groups in total. The highest BCUT2D eigenvalue weighted by molar-refractivity contribution is 5.96. The molecule has 0 fully saturated rings. The minimum Gasteiger partial charge on any atom is -0.337 e. The molecule has 0 atom stereocenters. The number of aryl methyl sites for hydroxylation is 2. The van der Waals surface area contributed by atoms with Crippen molar-refractivity contribution in [1.29, 1.82) is 0 Å². The van der Waals surface area contributed by atoms with Gasteiger partial charge in [-0.15, -0.1) is 0 Å². The average molecular weight is 303 g/mol. The Morgan fingerprint density at radius 1 is 1.27 bits per heavy atom. The van der Waals surface area contributed by atoms with E-state index >= 15 is 0 Å². The summed E-state index contributed by atoms with van der Waals surface area (Å²) in [5, 5.41) is 3.92. The molecule has 0 aliphatic rings. The number of nitrogens with zero attached hydrogens (tertiary/aromatic N) is 5. The zero-order valence-electron chi connectivity index (χ0n) is 13.6. The highest BCUT2D eigenvalue weighted by atomic mass is 16.5. The lowest BCUT2D eigenvalue weighted by Crippen LogP contribution is -2.32. The van der Waals surface area contributed by atoms with Gasteiger partial charge in [-0.1, -0.05) is 19.0 Å². The SMILES string of the molecule is CCN(Cc1nc(C(C)C)no1)C(=O)c1c(C)ncnc1C. The quantitative estimate of drug-likeness (QED) is 0.842. The average Bonchev–Trinajstić information content (AvgIpc) is 2.93. The van der Waals surface area contributed by atoms with E-state index in [-0.39, 0.29) is 18.4 Å². The van der Waals surface area contributed by atoms with Crippen molar-refractivity contribution in [2.24, 2.45) is 0 Å². The van der Waals surface area contributed by atoms with Crippen LogP contribution in [0.25, 0.3) is 0 Å². The van der Waals surface area contributed by atoms with Crippen LogP contribution < -0.4 is 0 Å². The summed E-state index contributed by atoms with van der Waals surface area (Å²) in [6.45, 7) is 10.3. The van der Waals surface area contributed by atoms with Crippen molar-refractivity contribution in [2.75, 3.05) is 6.54 Å². The fourth-order valence-electron chi connectivity index (χ4n) is 2.12. The summed E-state index contributed by atoms with van der Waals surface area (Å²) in [7, 11) is 0. The van der Waals surface area contributed by atoms with Crippen molar-refractivity contribution in [3.05, 3.63) is 35.0 Å². The largest absolute Gasteiger partial charge is 0.337 e. The fourth-order valence-corrected chi connectivity index (χ4v) is 2.12. The first-order valence-corrected chi connectivity index (χ1v) is 7.34. The van der Waals surface area contributed by atoms with Crippen molar-refractivity contribution in [3.63, 3.8) is 0 Å². The normalized spacial score (nSPS) is 11.0. The van der Waals surface area contributed by atoms with Crippen molar-refractivity contribution >= 4 is 5.91 Å². The topological polar surface area (TPSA) is 85.0 Å². The first-order chi connectivity index (χ1) is 10.4. The van der Waals surface area contributed by atoms with E-state index in [0.717, 1.165) is 0 Å². The second-order valence-corrected chi connectivity index (χ2v) is 5.44. The second-order valence-electron chi connectivity index (χ2n) is 5.44. The van der Waals surface area contributed by atoms with Gasteiger partial charge in [0.15, 0.2) is 5.82 Å². The van der Waals surface area contributed by atoms with E-state index in [0.29, 0.717) is 35.2 Å². The third-order valence-electron chi connectivity index (χ3n) is 3.44. The molecule has 7 heteroatoms. The van der Waals surface area contributed by atoms with Gasteiger partial charge in [0.05, 0.1) is 17.0 Å². The summed E-state index contributed by atoms with van der Waals surface area (Å²) in [6, 6.07) is 0. The van der Waals surface area contributed by atoms with Crippen LogP contribution in [0, 0.1) is 13.8 Å². The Hall–Kier alpha value is -2.31. The summed E-state index contributed by atoms with van der Waals surface area (Å²) in [5.74, 6) is 1.15. The molecule has 2 aromatic rings. The lowest BCUT2D eigenvalue weighted by molar-refractivity contribution is 0.0732. The van der Waals surface area contributed by atoms with Crippen LogP contribution >= 0.6 is 0 Å². The highest BCUT2D eigenvalue weighted by Crippen LogP contribution is 2.15. The van der Waals surface area contributed by atoms with Gasteiger partial charge in [-0.2, -0.15) is 4.98 Å². The summed E-state index contributed by atoms with van der Waals surface area (Å²) >= 11 is 0. The number of carbonyl (C=O) groups excluding carboxylic acids is 1. The van der Waals surface area contributed by atoms with Gasteiger partial charge in [-0.05, 0) is 20.8 Å². The number of carbonyl (C=O) groups is 1. The van der Waals surface area contributed by atoms with Gasteiger partial charge in [-0.25, -0.2) is 9.97 Å². The maximum absolute atomic E-state index is 12.7. The molecule has 0 saturated carbocycles. The number of amides is 1. The Bertz CT molecular complexity index is 645. The van der Waals surface area contributed by atoms with Crippen LogP contribution in [0.2, 0.25) is 0 Å². The van der Waals surface area contributed by atoms with Gasteiger partial charge in [0.1, 0.15) is 12.9 Å². The Balaban J connectivity index is 2.22. The second kappa shape index (κ2) is 6.64. The van der Waals surface area contributed by atoms with Crippen molar-refractivity contribution in [1.82, 2.24) is 25.0 Å². The van der Waals surface area contributed by atoms with E-state index in [2.05, 4.69) is 20.1 Å². The van der Waals surface area contributed by atoms with Gasteiger partial charge < -0.3 is 9.42 Å². The van der Waals surface area contributed by atoms with Crippen LogP contribution in [0.5, 0.6) is 0 Å². The van der Waals surface area contributed by atoms with Gasteiger partial charge >= 0.3 is 0 Å². The summed E-state index contributed by atoms with van der Waals surface area (Å²) < 4.78 is 5.22. The maximum atomic E-state index is 12.7. The monoisotopic (exact) mass is 303 g/mol. The molecule has 0 bridgehead atoms. The molecule has 118 valence electrons. The van der Waals surface area contributed by atoms with Crippen LogP contribution in [-0.4, -0.2) is 37.5 Å². The standard InChI is InChI=1S/C15H21N5O2/c1-6-20(7-12-18-14(9(2)3)19-22-12)15(21)13-10(4)16-8-17-11(13)5/h8-9H,6-7H2,1-5H3. The van der Waals surface area contributed by atoms with Crippen LogP contribution in [-0.2, 0) is 6.54 Å². The van der Waals surface area contributed by atoms with E-state index in [1.54, 1.807) is 18.7 Å². The molecule has 0 spiro atoms. The Kier molecular flexibility index (Phi) is 4.85. The molecular weight excluding hydrogens is 282 g/mol. The van der Waals surface area contributed by atoms with E-state index < -0.39 is 0 Å². The minimum absolute atomic E-state index is 0.123. The zero-order chi connectivity index (χ0) is 16.3. The molecule has 1 amide bonds. The lowest BCUT2D eigenvalue weighted by Gasteiger charge is -2.20. The van der Waals surface area contributed by atoms with E-state index in [1.165, 1.54) is 6.33 Å². The van der Waals surface area contributed by atoms with E-state index in [9.17, 15) is 4.79 Å². The molecular formula is C15H21N5O2. The van der Waals surface area contributed by atoms with Crippen LogP contribution in [0.15, 0.2) is 10.9 Å². The summed E-state index contributed by atoms with van der Waals surface area (Å²) in [6.07, 6.45) is 1.46. The Morgan fingerprint density at radius 3 is 2.41 bits per heavy atom. The summed E-state index contributed by atoms with van der Waals surface area (Å²) in [5.41, 5.74) is 1.88. The predicted molar refractivity (Wildman–Crippen MR) is 80.3 cm³/mol. The third-order valence-corrected chi connectivity index (χ3v) is 3.44. The van der Waals surface area contributed by atoms with Crippen LogP contribution in [0.4, 0.5) is 0 Å². The number of aromatic nitrogens is 4. The van der Waals surface area contributed by atoms with E-state index in [4.69, 9.17) is 4.52 Å². The molecule has 0 radical (unpaired) electrons. The zero-order valence-corrected chi connectivity index (χ0v) is 13.6. The smallest absolute Gasteiger partial charge is 0.258 e. The lowest BCUT2D eigenvalue weighted by atomic mass is 10.1. The third kappa shape index (κ3) is 3.29. The molecule has 22 heavy (non-hydrogen) atoms. The van der Waals surface area contributed by atoms with Crippen molar-refractivity contribution in [2.45, 2.75) is 47.1 Å². The van der Waals surface area contributed by atoms with Gasteiger partial charge in [-0.3, -0.25) is 4.79 Å². The van der Waals surface area contributed by atoms with Gasteiger partial charge in [0.25, 0.3) is 5.91 Å². The fraction of sp³-hybridized carbons (Fsp3) is 0.533. The first kappa shape index (κ1) is 16.1.